The van der Waals surface area contributed by atoms with Crippen LogP contribution in [0.1, 0.15) is 18.1 Å². The Morgan fingerprint density at radius 2 is 1.84 bits per heavy atom. The molecule has 3 heteroatoms. The van der Waals surface area contributed by atoms with E-state index in [9.17, 15) is 4.39 Å². The number of halogens is 2. The van der Waals surface area contributed by atoms with Crippen molar-refractivity contribution in [2.24, 2.45) is 0 Å². The lowest BCUT2D eigenvalue weighted by atomic mass is 10.1. The molecule has 2 rings (SSSR count). The van der Waals surface area contributed by atoms with Crippen LogP contribution in [-0.4, -0.2) is 6.04 Å². The van der Waals surface area contributed by atoms with Crippen LogP contribution in [0, 0.1) is 12.7 Å². The molecule has 0 saturated carbocycles. The van der Waals surface area contributed by atoms with E-state index < -0.39 is 0 Å². The predicted octanol–water partition coefficient (Wildman–Crippen LogP) is 4.94. The van der Waals surface area contributed by atoms with Gasteiger partial charge in [-0.25, -0.2) is 4.39 Å². The maximum atomic E-state index is 12.8. The lowest BCUT2D eigenvalue weighted by Gasteiger charge is -2.16. The molecule has 0 saturated heterocycles. The molecular formula is C16H17BrFN. The topological polar surface area (TPSA) is 12.0 Å². The zero-order chi connectivity index (χ0) is 13.8. The second-order valence-corrected chi connectivity index (χ2v) is 5.81. The molecule has 2 aromatic carbocycles. The quantitative estimate of drug-likeness (QED) is 0.841. The minimum atomic E-state index is -0.188. The summed E-state index contributed by atoms with van der Waals surface area (Å²) in [6.07, 6.45) is 0.867. The van der Waals surface area contributed by atoms with Crippen molar-refractivity contribution in [1.82, 2.24) is 0 Å². The van der Waals surface area contributed by atoms with Gasteiger partial charge in [-0.2, -0.15) is 0 Å². The molecule has 0 aliphatic rings. The van der Waals surface area contributed by atoms with Crippen LogP contribution in [0.4, 0.5) is 10.1 Å². The van der Waals surface area contributed by atoms with Crippen molar-refractivity contribution in [2.45, 2.75) is 26.3 Å². The Hall–Kier alpha value is -1.35. The number of aryl methyl sites for hydroxylation is 1. The van der Waals surface area contributed by atoms with Gasteiger partial charge in [-0.05, 0) is 61.7 Å². The number of rotatable bonds is 4. The lowest BCUT2D eigenvalue weighted by Crippen LogP contribution is -2.18. The van der Waals surface area contributed by atoms with Crippen LogP contribution in [0.3, 0.4) is 0 Å². The summed E-state index contributed by atoms with van der Waals surface area (Å²) in [6.45, 7) is 4.19. The molecule has 1 unspecified atom stereocenters. The third-order valence-electron chi connectivity index (χ3n) is 2.91. The highest BCUT2D eigenvalue weighted by Crippen LogP contribution is 2.20. The van der Waals surface area contributed by atoms with Gasteiger partial charge in [-0.3, -0.25) is 0 Å². The van der Waals surface area contributed by atoms with Crippen molar-refractivity contribution >= 4 is 21.6 Å². The summed E-state index contributed by atoms with van der Waals surface area (Å²) < 4.78 is 13.9. The van der Waals surface area contributed by atoms with E-state index in [1.807, 2.05) is 12.1 Å². The minimum absolute atomic E-state index is 0.188. The highest BCUT2D eigenvalue weighted by molar-refractivity contribution is 9.10. The van der Waals surface area contributed by atoms with E-state index in [0.717, 1.165) is 22.1 Å². The monoisotopic (exact) mass is 321 g/mol. The Labute approximate surface area is 122 Å². The van der Waals surface area contributed by atoms with Crippen LogP contribution in [0.15, 0.2) is 46.9 Å². The Morgan fingerprint density at radius 1 is 1.16 bits per heavy atom. The van der Waals surface area contributed by atoms with Gasteiger partial charge >= 0.3 is 0 Å². The van der Waals surface area contributed by atoms with Gasteiger partial charge in [-0.15, -0.1) is 0 Å². The first-order valence-electron chi connectivity index (χ1n) is 6.31. The zero-order valence-electron chi connectivity index (χ0n) is 11.1. The van der Waals surface area contributed by atoms with Crippen LogP contribution in [-0.2, 0) is 6.42 Å². The van der Waals surface area contributed by atoms with E-state index in [1.165, 1.54) is 17.7 Å². The summed E-state index contributed by atoms with van der Waals surface area (Å²) in [6, 6.07) is 13.2. The van der Waals surface area contributed by atoms with Crippen molar-refractivity contribution in [1.29, 1.82) is 0 Å². The van der Waals surface area contributed by atoms with Crippen molar-refractivity contribution in [3.63, 3.8) is 0 Å². The smallest absolute Gasteiger partial charge is 0.123 e. The second-order valence-electron chi connectivity index (χ2n) is 4.89. The van der Waals surface area contributed by atoms with Gasteiger partial charge in [0.2, 0.25) is 0 Å². The summed E-state index contributed by atoms with van der Waals surface area (Å²) in [4.78, 5) is 0. The average Bonchev–Trinajstić information content (AvgIpc) is 2.30. The molecule has 1 N–H and O–H groups in total. The molecule has 0 amide bonds. The Bertz CT molecular complexity index is 531. The molecule has 1 nitrogen and oxygen atoms in total. The van der Waals surface area contributed by atoms with E-state index in [1.54, 1.807) is 0 Å². The second kappa shape index (κ2) is 6.20. The van der Waals surface area contributed by atoms with E-state index in [4.69, 9.17) is 0 Å². The van der Waals surface area contributed by atoms with Gasteiger partial charge in [0.25, 0.3) is 0 Å². The Balaban J connectivity index is 2.00. The predicted molar refractivity (Wildman–Crippen MR) is 82.1 cm³/mol. The number of nitrogens with one attached hydrogen (secondary N) is 1. The standard InChI is InChI=1S/C16H17BrFN/c1-11-7-14(17)10-16(8-11)19-12(2)9-13-3-5-15(18)6-4-13/h3-8,10,12,19H,9H2,1-2H3. The molecule has 2 aromatic rings. The first-order valence-corrected chi connectivity index (χ1v) is 7.10. The summed E-state index contributed by atoms with van der Waals surface area (Å²) in [7, 11) is 0. The zero-order valence-corrected chi connectivity index (χ0v) is 12.7. The number of anilines is 1. The van der Waals surface area contributed by atoms with Crippen molar-refractivity contribution in [3.8, 4) is 0 Å². The first kappa shape index (κ1) is 14.1. The van der Waals surface area contributed by atoms with Crippen molar-refractivity contribution < 1.29 is 4.39 Å². The van der Waals surface area contributed by atoms with Gasteiger partial charge in [0.15, 0.2) is 0 Å². The van der Waals surface area contributed by atoms with Gasteiger partial charge in [0.1, 0.15) is 5.82 Å². The van der Waals surface area contributed by atoms with Gasteiger partial charge < -0.3 is 5.32 Å². The van der Waals surface area contributed by atoms with Crippen LogP contribution < -0.4 is 5.32 Å². The Kier molecular flexibility index (Phi) is 4.59. The fourth-order valence-corrected chi connectivity index (χ4v) is 2.74. The van der Waals surface area contributed by atoms with Gasteiger partial charge in [0, 0.05) is 16.2 Å². The molecule has 0 fully saturated rings. The summed E-state index contributed by atoms with van der Waals surface area (Å²) in [5.41, 5.74) is 3.44. The Morgan fingerprint density at radius 3 is 2.47 bits per heavy atom. The molecule has 0 spiro atoms. The maximum Gasteiger partial charge on any atom is 0.123 e. The molecule has 19 heavy (non-hydrogen) atoms. The SMILES string of the molecule is Cc1cc(Br)cc(NC(C)Cc2ccc(F)cc2)c1. The average molecular weight is 322 g/mol. The van der Waals surface area contributed by atoms with Crippen molar-refractivity contribution in [3.05, 3.63) is 63.9 Å². The van der Waals surface area contributed by atoms with Crippen LogP contribution in [0.25, 0.3) is 0 Å². The summed E-state index contributed by atoms with van der Waals surface area (Å²) in [5.74, 6) is -0.188. The number of hydrogen-bond donors (Lipinski definition) is 1. The summed E-state index contributed by atoms with van der Waals surface area (Å²) in [5, 5.41) is 3.46. The van der Waals surface area contributed by atoms with Crippen LogP contribution in [0.2, 0.25) is 0 Å². The summed E-state index contributed by atoms with van der Waals surface area (Å²) >= 11 is 3.50. The maximum absolute atomic E-state index is 12.8. The van der Waals surface area contributed by atoms with E-state index >= 15 is 0 Å². The van der Waals surface area contributed by atoms with Gasteiger partial charge in [0.05, 0.1) is 0 Å². The molecule has 0 aromatic heterocycles. The van der Waals surface area contributed by atoms with Crippen LogP contribution >= 0.6 is 15.9 Å². The third kappa shape index (κ3) is 4.35. The molecule has 0 bridgehead atoms. The largest absolute Gasteiger partial charge is 0.382 e. The van der Waals surface area contributed by atoms with Crippen LogP contribution in [0.5, 0.6) is 0 Å². The highest BCUT2D eigenvalue weighted by Gasteiger charge is 2.05. The lowest BCUT2D eigenvalue weighted by molar-refractivity contribution is 0.626. The molecule has 0 heterocycles. The molecule has 1 atom stereocenters. The molecular weight excluding hydrogens is 305 g/mol. The highest BCUT2D eigenvalue weighted by atomic mass is 79.9. The molecule has 100 valence electrons. The first-order chi connectivity index (χ1) is 9.02. The molecule has 0 aliphatic carbocycles. The molecule has 0 aliphatic heterocycles. The van der Waals surface area contributed by atoms with E-state index in [-0.39, 0.29) is 5.82 Å². The van der Waals surface area contributed by atoms with E-state index in [0.29, 0.717) is 6.04 Å². The normalized spacial score (nSPS) is 12.2. The molecule has 0 radical (unpaired) electrons. The number of hydrogen-bond acceptors (Lipinski definition) is 1. The van der Waals surface area contributed by atoms with Crippen molar-refractivity contribution in [2.75, 3.05) is 5.32 Å². The minimum Gasteiger partial charge on any atom is -0.382 e. The fraction of sp³-hybridized carbons (Fsp3) is 0.250. The van der Waals surface area contributed by atoms with E-state index in [2.05, 4.69) is 53.3 Å². The number of benzene rings is 2. The fourth-order valence-electron chi connectivity index (χ4n) is 2.13. The third-order valence-corrected chi connectivity index (χ3v) is 3.37. The van der Waals surface area contributed by atoms with Gasteiger partial charge in [-0.1, -0.05) is 28.1 Å².